The van der Waals surface area contributed by atoms with Gasteiger partial charge >= 0.3 is 5.97 Å². The minimum Gasteiger partial charge on any atom is -0.462 e. The van der Waals surface area contributed by atoms with Crippen LogP contribution in [0.1, 0.15) is 34.1 Å². The molecule has 0 saturated heterocycles. The Labute approximate surface area is 150 Å². The molecule has 0 bridgehead atoms. The minimum atomic E-state index is -0.523. The molecular weight excluding hydrogens is 332 g/mol. The van der Waals surface area contributed by atoms with E-state index in [2.05, 4.69) is 15.0 Å². The predicted molar refractivity (Wildman–Crippen MR) is 100 cm³/mol. The molecule has 7 heteroatoms. The molecule has 134 valence electrons. The normalized spacial score (nSPS) is 10.9. The van der Waals surface area contributed by atoms with Crippen LogP contribution < -0.4 is 11.3 Å². The smallest absolute Gasteiger partial charge is 0.340 e. The molecule has 26 heavy (non-hydrogen) atoms. The number of benzene rings is 1. The van der Waals surface area contributed by atoms with Gasteiger partial charge < -0.3 is 10.5 Å². The summed E-state index contributed by atoms with van der Waals surface area (Å²) in [5, 5.41) is 0.220. The summed E-state index contributed by atoms with van der Waals surface area (Å²) in [5.41, 5.74) is 9.33. The number of hydrogen-bond donors (Lipinski definition) is 2. The highest BCUT2D eigenvalue weighted by Gasteiger charge is 2.24. The second kappa shape index (κ2) is 6.59. The molecular formula is C19H20N4O3. The van der Waals surface area contributed by atoms with Crippen LogP contribution in [0.2, 0.25) is 0 Å². The van der Waals surface area contributed by atoms with E-state index in [-0.39, 0.29) is 29.2 Å². The molecule has 0 aliphatic rings. The molecule has 0 saturated carbocycles. The van der Waals surface area contributed by atoms with Gasteiger partial charge in [0.1, 0.15) is 0 Å². The molecule has 0 spiro atoms. The highest BCUT2D eigenvalue weighted by atomic mass is 16.5. The Kier molecular flexibility index (Phi) is 4.46. The van der Waals surface area contributed by atoms with Crippen molar-refractivity contribution in [3.63, 3.8) is 0 Å². The van der Waals surface area contributed by atoms with E-state index >= 15 is 0 Å². The molecule has 0 fully saturated rings. The van der Waals surface area contributed by atoms with Gasteiger partial charge in [-0.1, -0.05) is 29.3 Å². The van der Waals surface area contributed by atoms with Gasteiger partial charge in [0.2, 0.25) is 5.95 Å². The van der Waals surface area contributed by atoms with E-state index in [1.165, 1.54) is 0 Å². The molecule has 3 N–H and O–H groups in total. The van der Waals surface area contributed by atoms with E-state index < -0.39 is 11.5 Å². The number of esters is 1. The number of nitrogens with zero attached hydrogens (tertiary/aromatic N) is 2. The summed E-state index contributed by atoms with van der Waals surface area (Å²) in [7, 11) is 0. The zero-order chi connectivity index (χ0) is 19.0. The van der Waals surface area contributed by atoms with Gasteiger partial charge in [-0.15, -0.1) is 0 Å². The lowest BCUT2D eigenvalue weighted by Crippen LogP contribution is -2.17. The summed E-state index contributed by atoms with van der Waals surface area (Å²) in [6, 6.07) is 5.85. The molecule has 1 aromatic carbocycles. The second-order valence-electron chi connectivity index (χ2n) is 6.19. The number of carbonyl (C=O) groups is 1. The predicted octanol–water partition coefficient (Wildman–Crippen LogP) is 2.67. The van der Waals surface area contributed by atoms with Gasteiger partial charge in [-0.2, -0.15) is 4.98 Å². The Bertz CT molecular complexity index is 1070. The van der Waals surface area contributed by atoms with Crippen molar-refractivity contribution in [1.29, 1.82) is 0 Å². The van der Waals surface area contributed by atoms with E-state index in [0.29, 0.717) is 11.3 Å². The van der Waals surface area contributed by atoms with Crippen molar-refractivity contribution in [2.24, 2.45) is 0 Å². The van der Waals surface area contributed by atoms with Crippen LogP contribution in [0.25, 0.3) is 22.2 Å². The van der Waals surface area contributed by atoms with E-state index in [9.17, 15) is 9.59 Å². The number of hydrogen-bond acceptors (Lipinski definition) is 6. The van der Waals surface area contributed by atoms with Crippen molar-refractivity contribution in [2.45, 2.75) is 27.7 Å². The van der Waals surface area contributed by atoms with Crippen molar-refractivity contribution in [1.82, 2.24) is 15.0 Å². The van der Waals surface area contributed by atoms with Gasteiger partial charge in [-0.05, 0) is 33.3 Å². The number of aromatic amines is 1. The van der Waals surface area contributed by atoms with Crippen molar-refractivity contribution in [3.05, 3.63) is 50.9 Å². The first kappa shape index (κ1) is 17.6. The molecule has 7 nitrogen and oxygen atoms in total. The number of H-pyrrole nitrogens is 1. The number of rotatable bonds is 3. The summed E-state index contributed by atoms with van der Waals surface area (Å²) in [4.78, 5) is 36.2. The quantitative estimate of drug-likeness (QED) is 0.701. The Balaban J connectivity index is 2.52. The molecule has 0 atom stereocenters. The highest BCUT2D eigenvalue weighted by molar-refractivity contribution is 6.07. The molecule has 0 amide bonds. The van der Waals surface area contributed by atoms with Gasteiger partial charge in [-0.3, -0.25) is 9.78 Å². The van der Waals surface area contributed by atoms with E-state index in [0.717, 1.165) is 16.7 Å². The maximum absolute atomic E-state index is 12.6. The molecule has 3 aromatic rings. The average Bonchev–Trinajstić information content (AvgIpc) is 2.52. The van der Waals surface area contributed by atoms with Crippen LogP contribution >= 0.6 is 0 Å². The monoisotopic (exact) mass is 352 g/mol. The minimum absolute atomic E-state index is 0.0235. The lowest BCUT2D eigenvalue weighted by molar-refractivity contribution is 0.0526. The first-order chi connectivity index (χ1) is 12.3. The number of nitrogens with two attached hydrogens (primary N) is 1. The molecule has 0 radical (unpaired) electrons. The lowest BCUT2D eigenvalue weighted by Gasteiger charge is -2.15. The number of pyridine rings is 1. The number of aromatic nitrogens is 3. The fraction of sp³-hybridized carbons (Fsp3) is 0.263. The van der Waals surface area contributed by atoms with Crippen LogP contribution in [-0.2, 0) is 4.74 Å². The third-order valence-corrected chi connectivity index (χ3v) is 4.04. The molecule has 0 aliphatic carbocycles. The van der Waals surface area contributed by atoms with Crippen LogP contribution in [0.5, 0.6) is 0 Å². The average molecular weight is 352 g/mol. The van der Waals surface area contributed by atoms with Gasteiger partial charge in [-0.25, -0.2) is 9.78 Å². The van der Waals surface area contributed by atoms with Gasteiger partial charge in [0.15, 0.2) is 5.65 Å². The number of aryl methyl sites for hydroxylation is 3. The zero-order valence-corrected chi connectivity index (χ0v) is 15.1. The summed E-state index contributed by atoms with van der Waals surface area (Å²) >= 11 is 0. The molecule has 0 unspecified atom stereocenters. The summed E-state index contributed by atoms with van der Waals surface area (Å²) in [5.74, 6) is -0.547. The Hall–Kier alpha value is -3.22. The van der Waals surface area contributed by atoms with Crippen molar-refractivity contribution in [2.75, 3.05) is 12.3 Å². The van der Waals surface area contributed by atoms with Crippen molar-refractivity contribution in [3.8, 4) is 11.1 Å². The Morgan fingerprint density at radius 3 is 2.42 bits per heavy atom. The lowest BCUT2D eigenvalue weighted by atomic mass is 9.93. The fourth-order valence-electron chi connectivity index (χ4n) is 3.17. The summed E-state index contributed by atoms with van der Waals surface area (Å²) in [6.45, 7) is 7.55. The van der Waals surface area contributed by atoms with Gasteiger partial charge in [0.25, 0.3) is 5.56 Å². The maximum atomic E-state index is 12.6. The topological polar surface area (TPSA) is 111 Å². The number of ether oxygens (including phenoxy) is 1. The van der Waals surface area contributed by atoms with Gasteiger partial charge in [0, 0.05) is 5.56 Å². The van der Waals surface area contributed by atoms with Crippen LogP contribution in [0.3, 0.4) is 0 Å². The Morgan fingerprint density at radius 2 is 1.81 bits per heavy atom. The van der Waals surface area contributed by atoms with E-state index in [1.54, 1.807) is 13.8 Å². The van der Waals surface area contributed by atoms with Crippen molar-refractivity contribution < 1.29 is 9.53 Å². The van der Waals surface area contributed by atoms with E-state index in [1.807, 2.05) is 32.0 Å². The van der Waals surface area contributed by atoms with Crippen LogP contribution in [-0.4, -0.2) is 27.5 Å². The van der Waals surface area contributed by atoms with Crippen LogP contribution in [0.15, 0.2) is 23.0 Å². The molecule has 3 rings (SSSR count). The highest BCUT2D eigenvalue weighted by Crippen LogP contribution is 2.32. The SMILES string of the molecule is CCOC(=O)c1c(C)nc2nc(N)[nH]c(=O)c2c1-c1cc(C)cc(C)c1. The summed E-state index contributed by atoms with van der Waals surface area (Å²) < 4.78 is 5.21. The fourth-order valence-corrected chi connectivity index (χ4v) is 3.17. The van der Waals surface area contributed by atoms with Crippen LogP contribution in [0.4, 0.5) is 5.95 Å². The number of fused-ring (bicyclic) bond motifs is 1. The second-order valence-corrected chi connectivity index (χ2v) is 6.19. The van der Waals surface area contributed by atoms with Gasteiger partial charge in [0.05, 0.1) is 23.3 Å². The Morgan fingerprint density at radius 1 is 1.15 bits per heavy atom. The standard InChI is InChI=1S/C19H20N4O3/c1-5-26-18(25)13-11(4)21-16-15(17(24)23-19(20)22-16)14(13)12-7-9(2)6-10(3)8-12/h6-8H,5H2,1-4H3,(H3,20,21,22,23,24). The molecule has 2 aromatic heterocycles. The largest absolute Gasteiger partial charge is 0.462 e. The molecule has 2 heterocycles. The van der Waals surface area contributed by atoms with Crippen LogP contribution in [0, 0.1) is 20.8 Å². The number of nitrogens with one attached hydrogen (secondary N) is 1. The third-order valence-electron chi connectivity index (χ3n) is 4.04. The van der Waals surface area contributed by atoms with Crippen molar-refractivity contribution >= 4 is 23.0 Å². The third kappa shape index (κ3) is 3.03. The zero-order valence-electron chi connectivity index (χ0n) is 15.1. The number of carbonyl (C=O) groups excluding carboxylic acids is 1. The maximum Gasteiger partial charge on any atom is 0.340 e. The van der Waals surface area contributed by atoms with E-state index in [4.69, 9.17) is 10.5 Å². The first-order valence-corrected chi connectivity index (χ1v) is 8.27. The first-order valence-electron chi connectivity index (χ1n) is 8.27. The number of nitrogen functional groups attached to an aromatic ring is 1. The molecule has 0 aliphatic heterocycles. The number of anilines is 1. The summed E-state index contributed by atoms with van der Waals surface area (Å²) in [6.07, 6.45) is 0.